The Kier molecular flexibility index (Phi) is 3.60. The van der Waals surface area contributed by atoms with Crippen molar-refractivity contribution in [1.82, 2.24) is 15.5 Å². The summed E-state index contributed by atoms with van der Waals surface area (Å²) in [7, 11) is 1.56. The fourth-order valence-corrected chi connectivity index (χ4v) is 2.40. The predicted octanol–water partition coefficient (Wildman–Crippen LogP) is 1.79. The number of hydrogen-bond acceptors (Lipinski definition) is 6. The zero-order chi connectivity index (χ0) is 14.1. The fourth-order valence-electron chi connectivity index (χ4n) is 2.24. The van der Waals surface area contributed by atoms with Crippen molar-refractivity contribution in [2.24, 2.45) is 0 Å². The number of nitrogens with zero attached hydrogens (tertiary/aromatic N) is 2. The van der Waals surface area contributed by atoms with Gasteiger partial charge in [-0.05, 0) is 24.6 Å². The van der Waals surface area contributed by atoms with Crippen LogP contribution in [0.5, 0.6) is 5.75 Å². The second-order valence-electron chi connectivity index (χ2n) is 4.65. The van der Waals surface area contributed by atoms with E-state index in [1.165, 1.54) is 0 Å². The van der Waals surface area contributed by atoms with Gasteiger partial charge in [0.25, 0.3) is 0 Å². The summed E-state index contributed by atoms with van der Waals surface area (Å²) in [6, 6.07) is 5.12. The second-order valence-corrected chi connectivity index (χ2v) is 5.09. The monoisotopic (exact) mass is 295 g/mol. The van der Waals surface area contributed by atoms with Gasteiger partial charge in [-0.25, -0.2) is 0 Å². The molecule has 1 fully saturated rings. The maximum Gasteiger partial charge on any atom is 0.244 e. The number of rotatable bonds is 3. The van der Waals surface area contributed by atoms with E-state index in [9.17, 15) is 5.11 Å². The third kappa shape index (κ3) is 2.49. The highest BCUT2D eigenvalue weighted by atomic mass is 35.5. The molecule has 0 radical (unpaired) electrons. The van der Waals surface area contributed by atoms with E-state index in [2.05, 4.69) is 15.5 Å². The molecule has 1 aromatic heterocycles. The first kappa shape index (κ1) is 13.4. The summed E-state index contributed by atoms with van der Waals surface area (Å²) >= 11 is 5.93. The minimum Gasteiger partial charge on any atom is -0.496 e. The van der Waals surface area contributed by atoms with Gasteiger partial charge in [0.15, 0.2) is 0 Å². The number of aromatic nitrogens is 2. The van der Waals surface area contributed by atoms with E-state index < -0.39 is 0 Å². The van der Waals surface area contributed by atoms with Crippen LogP contribution < -0.4 is 10.1 Å². The largest absolute Gasteiger partial charge is 0.496 e. The number of β-amino-alcohol motifs (C(OH)–C–C–N with tert-alkyl or cyclic N) is 1. The lowest BCUT2D eigenvalue weighted by Gasteiger charge is -2.05. The van der Waals surface area contributed by atoms with Gasteiger partial charge in [0.05, 0.1) is 24.8 Å². The molecule has 6 nitrogen and oxygen atoms in total. The van der Waals surface area contributed by atoms with Crippen LogP contribution in [0.2, 0.25) is 5.02 Å². The number of hydrogen-bond donors (Lipinski definition) is 2. The molecule has 1 aliphatic rings. The van der Waals surface area contributed by atoms with E-state index in [-0.39, 0.29) is 12.1 Å². The second kappa shape index (κ2) is 5.40. The molecule has 0 saturated carbocycles. The molecule has 20 heavy (non-hydrogen) atoms. The van der Waals surface area contributed by atoms with Crippen LogP contribution in [0.1, 0.15) is 18.4 Å². The van der Waals surface area contributed by atoms with Crippen LogP contribution in [0.3, 0.4) is 0 Å². The molecular formula is C13H14ClN3O3. The van der Waals surface area contributed by atoms with Crippen molar-refractivity contribution in [2.45, 2.75) is 18.6 Å². The number of benzene rings is 1. The van der Waals surface area contributed by atoms with Crippen molar-refractivity contribution in [3.8, 4) is 17.1 Å². The van der Waals surface area contributed by atoms with Gasteiger partial charge in [0.1, 0.15) is 5.75 Å². The summed E-state index contributed by atoms with van der Waals surface area (Å²) in [6.45, 7) is 0.534. The van der Waals surface area contributed by atoms with Crippen LogP contribution in [0.15, 0.2) is 22.7 Å². The molecule has 1 aromatic carbocycles. The molecular weight excluding hydrogens is 282 g/mol. The Morgan fingerprint density at radius 1 is 1.50 bits per heavy atom. The van der Waals surface area contributed by atoms with E-state index >= 15 is 0 Å². The van der Waals surface area contributed by atoms with Crippen molar-refractivity contribution >= 4 is 11.6 Å². The van der Waals surface area contributed by atoms with E-state index in [4.69, 9.17) is 20.9 Å². The number of aliphatic hydroxyl groups excluding tert-OH is 1. The highest BCUT2D eigenvalue weighted by molar-refractivity contribution is 6.30. The Hall–Kier alpha value is -1.63. The molecule has 1 saturated heterocycles. The predicted molar refractivity (Wildman–Crippen MR) is 72.7 cm³/mol. The summed E-state index contributed by atoms with van der Waals surface area (Å²) in [5, 5.41) is 17.2. The van der Waals surface area contributed by atoms with Gasteiger partial charge in [-0.15, -0.1) is 0 Å². The van der Waals surface area contributed by atoms with Gasteiger partial charge in [0, 0.05) is 11.6 Å². The van der Waals surface area contributed by atoms with Crippen molar-refractivity contribution in [1.29, 1.82) is 0 Å². The molecule has 0 aliphatic carbocycles. The molecule has 106 valence electrons. The molecule has 0 amide bonds. The van der Waals surface area contributed by atoms with Crippen LogP contribution >= 0.6 is 11.6 Å². The number of nitrogens with one attached hydrogen (secondary N) is 1. The first-order valence-corrected chi connectivity index (χ1v) is 6.64. The van der Waals surface area contributed by atoms with Gasteiger partial charge in [-0.3, -0.25) is 0 Å². The topological polar surface area (TPSA) is 80.4 Å². The SMILES string of the molecule is COc1cc(Cl)ccc1-c1noc([C@@H]2CC(O)CN2)n1. The molecule has 0 bridgehead atoms. The summed E-state index contributed by atoms with van der Waals surface area (Å²) in [5.41, 5.74) is 0.713. The third-order valence-corrected chi connectivity index (χ3v) is 3.49. The van der Waals surface area contributed by atoms with Crippen molar-refractivity contribution in [2.75, 3.05) is 13.7 Å². The number of methoxy groups -OCH3 is 1. The van der Waals surface area contributed by atoms with Crippen LogP contribution in [-0.2, 0) is 0 Å². The Morgan fingerprint density at radius 3 is 3.05 bits per heavy atom. The average Bonchev–Trinajstić information content (AvgIpc) is 3.07. The Balaban J connectivity index is 1.90. The Bertz CT molecular complexity index is 617. The first-order chi connectivity index (χ1) is 9.67. The van der Waals surface area contributed by atoms with E-state index in [1.54, 1.807) is 25.3 Å². The molecule has 3 rings (SSSR count). The molecule has 7 heteroatoms. The van der Waals surface area contributed by atoms with Crippen LogP contribution in [-0.4, -0.2) is 35.0 Å². The van der Waals surface area contributed by atoms with Crippen LogP contribution in [0.4, 0.5) is 0 Å². The smallest absolute Gasteiger partial charge is 0.244 e. The van der Waals surface area contributed by atoms with Crippen molar-refractivity contribution in [3.63, 3.8) is 0 Å². The zero-order valence-corrected chi connectivity index (χ0v) is 11.6. The summed E-state index contributed by atoms with van der Waals surface area (Å²) in [4.78, 5) is 4.36. The molecule has 2 heterocycles. The summed E-state index contributed by atoms with van der Waals surface area (Å²) < 4.78 is 10.5. The lowest BCUT2D eigenvalue weighted by atomic mass is 10.2. The van der Waals surface area contributed by atoms with E-state index in [1.807, 2.05) is 0 Å². The lowest BCUT2D eigenvalue weighted by molar-refractivity contribution is 0.191. The minimum absolute atomic E-state index is 0.107. The van der Waals surface area contributed by atoms with Crippen LogP contribution in [0.25, 0.3) is 11.4 Å². The van der Waals surface area contributed by atoms with Crippen LogP contribution in [0, 0.1) is 0 Å². The van der Waals surface area contributed by atoms with Crippen molar-refractivity contribution < 1.29 is 14.4 Å². The van der Waals surface area contributed by atoms with Gasteiger partial charge >= 0.3 is 0 Å². The Labute approximate surface area is 120 Å². The van der Waals surface area contributed by atoms with Gasteiger partial charge in [-0.2, -0.15) is 4.98 Å². The maximum absolute atomic E-state index is 9.51. The van der Waals surface area contributed by atoms with Gasteiger partial charge in [0.2, 0.25) is 11.7 Å². The molecule has 1 aliphatic heterocycles. The molecule has 2 N–H and O–H groups in total. The first-order valence-electron chi connectivity index (χ1n) is 6.26. The van der Waals surface area contributed by atoms with E-state index in [0.29, 0.717) is 41.0 Å². The quantitative estimate of drug-likeness (QED) is 0.898. The normalized spacial score (nSPS) is 22.1. The lowest BCUT2D eigenvalue weighted by Crippen LogP contribution is -2.15. The summed E-state index contributed by atoms with van der Waals surface area (Å²) in [5.74, 6) is 1.49. The molecule has 2 atom stereocenters. The zero-order valence-electron chi connectivity index (χ0n) is 10.8. The maximum atomic E-state index is 9.51. The molecule has 2 aromatic rings. The highest BCUT2D eigenvalue weighted by Gasteiger charge is 2.28. The average molecular weight is 296 g/mol. The molecule has 1 unspecified atom stereocenters. The summed E-state index contributed by atoms with van der Waals surface area (Å²) in [6.07, 6.45) is 0.194. The number of halogens is 1. The number of aliphatic hydroxyl groups is 1. The fraction of sp³-hybridized carbons (Fsp3) is 0.385. The number of ether oxygens (including phenoxy) is 1. The standard InChI is InChI=1S/C13H14ClN3O3/c1-19-11-4-7(14)2-3-9(11)12-16-13(20-17-12)10-5-8(18)6-15-10/h2-4,8,10,15,18H,5-6H2,1H3/t8?,10-/m0/s1. The van der Waals surface area contributed by atoms with Crippen molar-refractivity contribution in [3.05, 3.63) is 29.1 Å². The van der Waals surface area contributed by atoms with E-state index in [0.717, 1.165) is 0 Å². The minimum atomic E-state index is -0.375. The Morgan fingerprint density at radius 2 is 2.35 bits per heavy atom. The van der Waals surface area contributed by atoms with Gasteiger partial charge in [-0.1, -0.05) is 16.8 Å². The third-order valence-electron chi connectivity index (χ3n) is 3.25. The van der Waals surface area contributed by atoms with Gasteiger partial charge < -0.3 is 19.7 Å². The molecule has 0 spiro atoms. The highest BCUT2D eigenvalue weighted by Crippen LogP contribution is 2.32.